The highest BCUT2D eigenvalue weighted by Crippen LogP contribution is 2.25. The van der Waals surface area contributed by atoms with Crippen LogP contribution in [0.3, 0.4) is 0 Å². The van der Waals surface area contributed by atoms with Crippen LogP contribution in [0, 0.1) is 6.92 Å². The lowest BCUT2D eigenvalue weighted by Gasteiger charge is -1.93. The van der Waals surface area contributed by atoms with Gasteiger partial charge >= 0.3 is 0 Å². The van der Waals surface area contributed by atoms with Crippen molar-refractivity contribution in [2.45, 2.75) is 26.3 Å². The van der Waals surface area contributed by atoms with Gasteiger partial charge in [0.15, 0.2) is 18.4 Å². The molecule has 0 amide bonds. The Hall–Kier alpha value is -2.24. The summed E-state index contributed by atoms with van der Waals surface area (Å²) < 4.78 is 1.85. The maximum absolute atomic E-state index is 11.1. The zero-order valence-electron chi connectivity index (χ0n) is 9.93. The number of rotatable bonds is 3. The van der Waals surface area contributed by atoms with Crippen molar-refractivity contribution in [3.63, 3.8) is 0 Å². The zero-order valence-corrected chi connectivity index (χ0v) is 9.93. The quantitative estimate of drug-likeness (QED) is 0.821. The third-order valence-electron chi connectivity index (χ3n) is 3.31. The summed E-state index contributed by atoms with van der Waals surface area (Å²) in [7, 11) is 0. The maximum atomic E-state index is 11.1. The Labute approximate surface area is 103 Å². The summed E-state index contributed by atoms with van der Waals surface area (Å²) >= 11 is 0. The van der Waals surface area contributed by atoms with Gasteiger partial charge in [-0.2, -0.15) is 0 Å². The number of fused-ring (bicyclic) bond motifs is 1. The number of aromatic nitrogens is 4. The van der Waals surface area contributed by atoms with E-state index in [-0.39, 0.29) is 0 Å². The third-order valence-corrected chi connectivity index (χ3v) is 3.31. The van der Waals surface area contributed by atoms with Crippen molar-refractivity contribution in [2.24, 2.45) is 0 Å². The highest BCUT2D eigenvalue weighted by molar-refractivity contribution is 5.91. The first-order valence-electron chi connectivity index (χ1n) is 5.81. The summed E-state index contributed by atoms with van der Waals surface area (Å²) in [5.41, 5.74) is 2.04. The lowest BCUT2D eigenvalue weighted by Crippen LogP contribution is -1.95. The molecule has 0 fully saturated rings. The fourth-order valence-corrected chi connectivity index (χ4v) is 2.30. The summed E-state index contributed by atoms with van der Waals surface area (Å²) in [6.07, 6.45) is 3.40. The SMILES string of the molecule is Cc1c(C=O)[nH]c(-c2nc3n(n2)CCC3)c1C=O. The van der Waals surface area contributed by atoms with Gasteiger partial charge in [-0.05, 0) is 18.9 Å². The Kier molecular flexibility index (Phi) is 2.36. The van der Waals surface area contributed by atoms with Crippen molar-refractivity contribution < 1.29 is 9.59 Å². The van der Waals surface area contributed by atoms with Crippen molar-refractivity contribution >= 4 is 12.6 Å². The molecule has 1 N–H and O–H groups in total. The first-order valence-corrected chi connectivity index (χ1v) is 5.81. The fourth-order valence-electron chi connectivity index (χ4n) is 2.30. The molecule has 92 valence electrons. The van der Waals surface area contributed by atoms with E-state index in [1.165, 1.54) is 0 Å². The molecule has 0 atom stereocenters. The van der Waals surface area contributed by atoms with Gasteiger partial charge in [-0.25, -0.2) is 9.67 Å². The minimum atomic E-state index is 0.405. The molecule has 3 rings (SSSR count). The summed E-state index contributed by atoms with van der Waals surface area (Å²) in [5, 5.41) is 4.36. The Bertz CT molecular complexity index is 617. The van der Waals surface area contributed by atoms with Gasteiger partial charge in [0.2, 0.25) is 0 Å². The summed E-state index contributed by atoms with van der Waals surface area (Å²) in [6.45, 7) is 2.59. The highest BCUT2D eigenvalue weighted by Gasteiger charge is 2.21. The second-order valence-electron chi connectivity index (χ2n) is 4.37. The van der Waals surface area contributed by atoms with Gasteiger partial charge in [-0.15, -0.1) is 5.10 Å². The fraction of sp³-hybridized carbons (Fsp3) is 0.333. The Morgan fingerprint density at radius 3 is 2.83 bits per heavy atom. The minimum absolute atomic E-state index is 0.405. The molecule has 0 radical (unpaired) electrons. The molecule has 6 heteroatoms. The standard InChI is InChI=1S/C12H12N4O2/c1-7-8(5-17)11(13-9(7)6-18)12-14-10-3-2-4-16(10)15-12/h5-6,13H,2-4H2,1H3. The van der Waals surface area contributed by atoms with Crippen LogP contribution in [-0.4, -0.2) is 32.3 Å². The average molecular weight is 244 g/mol. The third kappa shape index (κ3) is 1.42. The molecule has 0 spiro atoms. The largest absolute Gasteiger partial charge is 0.349 e. The molecule has 3 heterocycles. The maximum Gasteiger partial charge on any atom is 0.198 e. The van der Waals surface area contributed by atoms with E-state index in [0.29, 0.717) is 34.6 Å². The zero-order chi connectivity index (χ0) is 12.7. The number of H-pyrrole nitrogens is 1. The van der Waals surface area contributed by atoms with Gasteiger partial charge < -0.3 is 4.98 Å². The minimum Gasteiger partial charge on any atom is -0.349 e. The van der Waals surface area contributed by atoms with E-state index in [4.69, 9.17) is 0 Å². The van der Waals surface area contributed by atoms with Gasteiger partial charge in [-0.1, -0.05) is 0 Å². The van der Waals surface area contributed by atoms with E-state index in [2.05, 4.69) is 15.1 Å². The van der Waals surface area contributed by atoms with Crippen molar-refractivity contribution in [2.75, 3.05) is 0 Å². The Morgan fingerprint density at radius 2 is 2.17 bits per heavy atom. The van der Waals surface area contributed by atoms with Crippen LogP contribution in [0.2, 0.25) is 0 Å². The summed E-state index contributed by atoms with van der Waals surface area (Å²) in [6, 6.07) is 0. The van der Waals surface area contributed by atoms with Gasteiger partial charge in [0.05, 0.1) is 11.4 Å². The number of aryl methyl sites for hydroxylation is 2. The molecule has 0 aromatic carbocycles. The van der Waals surface area contributed by atoms with Crippen molar-refractivity contribution in [3.8, 4) is 11.5 Å². The molecule has 0 saturated heterocycles. The number of carbonyl (C=O) groups excluding carboxylic acids is 2. The monoisotopic (exact) mass is 244 g/mol. The molecule has 2 aromatic rings. The van der Waals surface area contributed by atoms with Crippen LogP contribution in [0.15, 0.2) is 0 Å². The van der Waals surface area contributed by atoms with Crippen LogP contribution in [0.25, 0.3) is 11.5 Å². The van der Waals surface area contributed by atoms with Gasteiger partial charge in [0.1, 0.15) is 5.82 Å². The van der Waals surface area contributed by atoms with E-state index in [0.717, 1.165) is 31.5 Å². The molecule has 1 aliphatic heterocycles. The highest BCUT2D eigenvalue weighted by atomic mass is 16.1. The average Bonchev–Trinajstić information content (AvgIpc) is 3.00. The van der Waals surface area contributed by atoms with E-state index < -0.39 is 0 Å². The number of carbonyl (C=O) groups is 2. The number of nitrogens with one attached hydrogen (secondary N) is 1. The lowest BCUT2D eigenvalue weighted by molar-refractivity contribution is 0.111. The molecule has 0 bridgehead atoms. The number of hydrogen-bond acceptors (Lipinski definition) is 4. The van der Waals surface area contributed by atoms with Crippen LogP contribution in [-0.2, 0) is 13.0 Å². The normalized spacial score (nSPS) is 13.6. The number of hydrogen-bond donors (Lipinski definition) is 1. The van der Waals surface area contributed by atoms with Crippen molar-refractivity contribution in [3.05, 3.63) is 22.6 Å². The van der Waals surface area contributed by atoms with E-state index in [9.17, 15) is 9.59 Å². The molecular weight excluding hydrogens is 232 g/mol. The Balaban J connectivity index is 2.15. The molecule has 2 aromatic heterocycles. The molecule has 0 aliphatic carbocycles. The van der Waals surface area contributed by atoms with Crippen LogP contribution < -0.4 is 0 Å². The molecule has 6 nitrogen and oxygen atoms in total. The number of aldehydes is 2. The number of nitrogens with zero attached hydrogens (tertiary/aromatic N) is 3. The molecule has 1 aliphatic rings. The molecule has 0 unspecified atom stereocenters. The van der Waals surface area contributed by atoms with Gasteiger partial charge in [0, 0.05) is 18.5 Å². The second kappa shape index (κ2) is 3.90. The van der Waals surface area contributed by atoms with Gasteiger partial charge in [0.25, 0.3) is 0 Å². The van der Waals surface area contributed by atoms with Crippen LogP contribution in [0.5, 0.6) is 0 Å². The van der Waals surface area contributed by atoms with Crippen LogP contribution in [0.1, 0.15) is 38.7 Å². The van der Waals surface area contributed by atoms with Crippen molar-refractivity contribution in [1.29, 1.82) is 0 Å². The van der Waals surface area contributed by atoms with E-state index in [1.54, 1.807) is 6.92 Å². The molecular formula is C12H12N4O2. The lowest BCUT2D eigenvalue weighted by atomic mass is 10.1. The van der Waals surface area contributed by atoms with E-state index >= 15 is 0 Å². The predicted octanol–water partition coefficient (Wildman–Crippen LogP) is 1.15. The first-order chi connectivity index (χ1) is 8.74. The van der Waals surface area contributed by atoms with Crippen LogP contribution in [0.4, 0.5) is 0 Å². The smallest absolute Gasteiger partial charge is 0.198 e. The second-order valence-corrected chi connectivity index (χ2v) is 4.37. The summed E-state index contributed by atoms with van der Waals surface area (Å²) in [4.78, 5) is 29.3. The van der Waals surface area contributed by atoms with Crippen molar-refractivity contribution in [1.82, 2.24) is 19.7 Å². The first kappa shape index (κ1) is 10.9. The Morgan fingerprint density at radius 1 is 1.33 bits per heavy atom. The number of aromatic amines is 1. The van der Waals surface area contributed by atoms with Crippen LogP contribution >= 0.6 is 0 Å². The van der Waals surface area contributed by atoms with E-state index in [1.807, 2.05) is 4.68 Å². The predicted molar refractivity (Wildman–Crippen MR) is 63.6 cm³/mol. The molecule has 18 heavy (non-hydrogen) atoms. The van der Waals surface area contributed by atoms with Gasteiger partial charge in [-0.3, -0.25) is 9.59 Å². The summed E-state index contributed by atoms with van der Waals surface area (Å²) in [5.74, 6) is 1.42. The molecule has 0 saturated carbocycles. The topological polar surface area (TPSA) is 80.6 Å².